The standard InChI is InChI=1S/C14H13IN2O3/c1-3-19-13(18)5-4-10(16-2)14-9-8-12(15)20-11(9)6-7-17-14/h6-8,10H,3-5H2,1H3. The number of hydrogen-bond acceptors (Lipinski definition) is 4. The van der Waals surface area contributed by atoms with Crippen LogP contribution >= 0.6 is 22.6 Å². The third-order valence-corrected chi connectivity index (χ3v) is 3.38. The zero-order chi connectivity index (χ0) is 14.5. The molecule has 0 bridgehead atoms. The molecule has 0 saturated heterocycles. The van der Waals surface area contributed by atoms with E-state index in [1.807, 2.05) is 6.07 Å². The zero-order valence-electron chi connectivity index (χ0n) is 10.9. The van der Waals surface area contributed by atoms with E-state index in [0.29, 0.717) is 24.3 Å². The van der Waals surface area contributed by atoms with Gasteiger partial charge in [-0.2, -0.15) is 0 Å². The Bertz CT molecular complexity index is 660. The second-order valence-corrected chi connectivity index (χ2v) is 5.21. The maximum Gasteiger partial charge on any atom is 0.306 e. The minimum atomic E-state index is -0.462. The molecule has 0 aliphatic carbocycles. The van der Waals surface area contributed by atoms with Gasteiger partial charge in [0.15, 0.2) is 3.77 Å². The van der Waals surface area contributed by atoms with E-state index in [9.17, 15) is 4.79 Å². The van der Waals surface area contributed by atoms with Crippen molar-refractivity contribution in [2.75, 3.05) is 6.61 Å². The molecule has 104 valence electrons. The lowest BCUT2D eigenvalue weighted by Crippen LogP contribution is -2.06. The number of esters is 1. The van der Waals surface area contributed by atoms with Crippen LogP contribution in [0.1, 0.15) is 31.5 Å². The average Bonchev–Trinajstić information content (AvgIpc) is 2.80. The Kier molecular flexibility index (Phi) is 4.95. The Morgan fingerprint density at radius 3 is 3.15 bits per heavy atom. The quantitative estimate of drug-likeness (QED) is 0.448. The number of pyridine rings is 1. The summed E-state index contributed by atoms with van der Waals surface area (Å²) in [6, 6.07) is 3.17. The van der Waals surface area contributed by atoms with Gasteiger partial charge in [-0.1, -0.05) is 0 Å². The molecule has 2 heterocycles. The van der Waals surface area contributed by atoms with Gasteiger partial charge in [0.1, 0.15) is 11.3 Å². The smallest absolute Gasteiger partial charge is 0.306 e. The lowest BCUT2D eigenvalue weighted by molar-refractivity contribution is -0.143. The number of ether oxygens (including phenoxy) is 1. The first-order valence-electron chi connectivity index (χ1n) is 6.21. The number of carbonyl (C=O) groups is 1. The van der Waals surface area contributed by atoms with Gasteiger partial charge in [0.2, 0.25) is 0 Å². The van der Waals surface area contributed by atoms with Gasteiger partial charge in [0, 0.05) is 18.7 Å². The highest BCUT2D eigenvalue weighted by Gasteiger charge is 2.23. The van der Waals surface area contributed by atoms with Crippen LogP contribution in [0.5, 0.6) is 0 Å². The van der Waals surface area contributed by atoms with Crippen LogP contribution in [-0.4, -0.2) is 17.6 Å². The van der Waals surface area contributed by atoms with E-state index in [-0.39, 0.29) is 12.4 Å². The first-order valence-corrected chi connectivity index (χ1v) is 7.29. The van der Waals surface area contributed by atoms with Crippen molar-refractivity contribution in [3.63, 3.8) is 0 Å². The molecule has 0 radical (unpaired) electrons. The molecule has 0 aliphatic rings. The molecule has 20 heavy (non-hydrogen) atoms. The fourth-order valence-corrected chi connectivity index (χ4v) is 2.52. The number of aromatic nitrogens is 1. The molecular formula is C14H13IN2O3. The molecule has 0 N–H and O–H groups in total. The fraction of sp³-hybridized carbons (Fsp3) is 0.357. The molecule has 1 unspecified atom stereocenters. The van der Waals surface area contributed by atoms with Crippen LogP contribution in [0, 0.1) is 10.3 Å². The normalized spacial score (nSPS) is 12.1. The Balaban J connectivity index is 2.22. The molecule has 2 aromatic heterocycles. The Labute approximate surface area is 130 Å². The van der Waals surface area contributed by atoms with Crippen molar-refractivity contribution < 1.29 is 13.9 Å². The van der Waals surface area contributed by atoms with Crippen molar-refractivity contribution in [3.8, 4) is 0 Å². The summed E-state index contributed by atoms with van der Waals surface area (Å²) < 4.78 is 11.2. The molecule has 0 aromatic carbocycles. The zero-order valence-corrected chi connectivity index (χ0v) is 13.1. The van der Waals surface area contributed by atoms with E-state index in [1.54, 1.807) is 19.2 Å². The van der Waals surface area contributed by atoms with Crippen molar-refractivity contribution in [1.29, 1.82) is 0 Å². The van der Waals surface area contributed by atoms with Crippen LogP contribution in [0.4, 0.5) is 0 Å². The second-order valence-electron chi connectivity index (χ2n) is 4.15. The van der Waals surface area contributed by atoms with Gasteiger partial charge in [0.25, 0.3) is 6.04 Å². The molecule has 5 nitrogen and oxygen atoms in total. The van der Waals surface area contributed by atoms with E-state index in [2.05, 4.69) is 32.4 Å². The number of nitrogens with zero attached hydrogens (tertiary/aromatic N) is 2. The topological polar surface area (TPSA) is 56.7 Å². The van der Waals surface area contributed by atoms with Gasteiger partial charge in [0.05, 0.1) is 18.4 Å². The Morgan fingerprint density at radius 2 is 2.45 bits per heavy atom. The highest BCUT2D eigenvalue weighted by molar-refractivity contribution is 14.1. The van der Waals surface area contributed by atoms with E-state index < -0.39 is 6.04 Å². The van der Waals surface area contributed by atoms with E-state index in [0.717, 1.165) is 9.15 Å². The van der Waals surface area contributed by atoms with Gasteiger partial charge in [-0.15, -0.1) is 0 Å². The maximum atomic E-state index is 11.4. The van der Waals surface area contributed by atoms with Crippen molar-refractivity contribution in [2.45, 2.75) is 25.8 Å². The Hall–Kier alpha value is -1.62. The molecule has 0 fully saturated rings. The molecule has 0 amide bonds. The molecule has 0 spiro atoms. The third kappa shape index (κ3) is 3.28. The number of rotatable bonds is 5. The van der Waals surface area contributed by atoms with Gasteiger partial charge >= 0.3 is 5.97 Å². The lowest BCUT2D eigenvalue weighted by Gasteiger charge is -2.05. The molecule has 2 aromatic rings. The van der Waals surface area contributed by atoms with Crippen molar-refractivity contribution >= 4 is 39.5 Å². The largest absolute Gasteiger partial charge is 0.466 e. The van der Waals surface area contributed by atoms with E-state index >= 15 is 0 Å². The number of carbonyl (C=O) groups excluding carboxylic acids is 1. The monoisotopic (exact) mass is 384 g/mol. The molecule has 0 aliphatic heterocycles. The summed E-state index contributed by atoms with van der Waals surface area (Å²) in [5.41, 5.74) is 1.37. The van der Waals surface area contributed by atoms with Gasteiger partial charge in [-0.05, 0) is 35.6 Å². The number of fused-ring (bicyclic) bond motifs is 1. The van der Waals surface area contributed by atoms with Crippen LogP contribution in [0.15, 0.2) is 22.7 Å². The predicted octanol–water partition coefficient (Wildman–Crippen LogP) is 3.74. The average molecular weight is 384 g/mol. The fourth-order valence-electron chi connectivity index (χ4n) is 1.97. The summed E-state index contributed by atoms with van der Waals surface area (Å²) >= 11 is 2.08. The summed E-state index contributed by atoms with van der Waals surface area (Å²) in [5.74, 6) is -0.282. The number of furan rings is 1. The van der Waals surface area contributed by atoms with E-state index in [1.165, 1.54) is 0 Å². The minimum absolute atomic E-state index is 0.216. The van der Waals surface area contributed by atoms with Crippen LogP contribution in [0.25, 0.3) is 15.8 Å². The van der Waals surface area contributed by atoms with Crippen LogP contribution in [-0.2, 0) is 9.53 Å². The molecule has 2 rings (SSSR count). The van der Waals surface area contributed by atoms with Crippen LogP contribution in [0.2, 0.25) is 0 Å². The van der Waals surface area contributed by atoms with Gasteiger partial charge < -0.3 is 14.0 Å². The minimum Gasteiger partial charge on any atom is -0.466 e. The molecular weight excluding hydrogens is 371 g/mol. The van der Waals surface area contributed by atoms with Crippen molar-refractivity contribution in [1.82, 2.24) is 4.98 Å². The highest BCUT2D eigenvalue weighted by atomic mass is 127. The Morgan fingerprint density at radius 1 is 1.65 bits per heavy atom. The van der Waals surface area contributed by atoms with Crippen LogP contribution in [0.3, 0.4) is 0 Å². The first kappa shape index (κ1) is 14.8. The lowest BCUT2D eigenvalue weighted by atomic mass is 10.1. The van der Waals surface area contributed by atoms with Crippen molar-refractivity contribution in [2.24, 2.45) is 0 Å². The number of halogens is 1. The van der Waals surface area contributed by atoms with E-state index in [4.69, 9.17) is 15.7 Å². The summed E-state index contributed by atoms with van der Waals surface area (Å²) in [4.78, 5) is 19.3. The van der Waals surface area contributed by atoms with Gasteiger partial charge in [-0.25, -0.2) is 6.57 Å². The first-order chi connectivity index (χ1) is 9.65. The summed E-state index contributed by atoms with van der Waals surface area (Å²) in [6.45, 7) is 9.45. The van der Waals surface area contributed by atoms with Crippen LogP contribution < -0.4 is 0 Å². The predicted molar refractivity (Wildman–Crippen MR) is 81.9 cm³/mol. The number of hydrogen-bond donors (Lipinski definition) is 0. The SMILES string of the molecule is [C-]#[N+]C(CCC(=O)OCC)c1nccc2oc(I)cc12. The summed E-state index contributed by atoms with van der Waals surface area (Å²) in [5, 5.41) is 0.835. The van der Waals surface area contributed by atoms with Gasteiger partial charge in [-0.3, -0.25) is 9.78 Å². The summed E-state index contributed by atoms with van der Waals surface area (Å²) in [6.07, 6.45) is 2.24. The second kappa shape index (κ2) is 6.70. The molecule has 6 heteroatoms. The third-order valence-electron chi connectivity index (χ3n) is 2.84. The molecule has 1 atom stereocenters. The molecule has 0 saturated carbocycles. The van der Waals surface area contributed by atoms with Crippen molar-refractivity contribution in [3.05, 3.63) is 39.2 Å². The summed E-state index contributed by atoms with van der Waals surface area (Å²) in [7, 11) is 0. The maximum absolute atomic E-state index is 11.4. The highest BCUT2D eigenvalue weighted by Crippen LogP contribution is 2.30.